The molecule has 0 saturated heterocycles. The van der Waals surface area contributed by atoms with Gasteiger partial charge in [0.25, 0.3) is 11.8 Å². The van der Waals surface area contributed by atoms with Crippen LogP contribution in [0.5, 0.6) is 0 Å². The van der Waals surface area contributed by atoms with Crippen molar-refractivity contribution in [2.24, 2.45) is 0 Å². The van der Waals surface area contributed by atoms with Crippen LogP contribution < -0.4 is 0 Å². The van der Waals surface area contributed by atoms with Gasteiger partial charge in [-0.15, -0.1) is 0 Å². The zero-order valence-electron chi connectivity index (χ0n) is 11.9. The molecule has 0 saturated carbocycles. The fourth-order valence-corrected chi connectivity index (χ4v) is 3.00. The van der Waals surface area contributed by atoms with E-state index in [-0.39, 0.29) is 16.2 Å². The van der Waals surface area contributed by atoms with Gasteiger partial charge in [0, 0.05) is 0 Å². The number of halogens is 3. The Hall–Kier alpha value is -2.43. The van der Waals surface area contributed by atoms with Crippen LogP contribution in [0.1, 0.15) is 27.1 Å². The van der Waals surface area contributed by atoms with Gasteiger partial charge in [-0.1, -0.05) is 17.2 Å². The van der Waals surface area contributed by atoms with E-state index in [1.807, 2.05) is 0 Å². The normalized spacial score (nSPS) is 14.7. The molecule has 130 valence electrons. The number of benzene rings is 1. The van der Waals surface area contributed by atoms with Gasteiger partial charge in [0.2, 0.25) is 0 Å². The zero-order valence-corrected chi connectivity index (χ0v) is 12.7. The third-order valence-corrected chi connectivity index (χ3v) is 4.49. The molecule has 0 aliphatic carbocycles. The van der Waals surface area contributed by atoms with Crippen LogP contribution in [0.2, 0.25) is 0 Å². The molecule has 1 aromatic rings. The van der Waals surface area contributed by atoms with Gasteiger partial charge < -0.3 is 4.84 Å². The van der Waals surface area contributed by atoms with Gasteiger partial charge in [-0.05, 0) is 12.1 Å². The number of nitrogens with zero attached hydrogens (tertiary/aromatic N) is 1. The number of carbonyl (C=O) groups excluding carboxylic acids is 3. The Balaban J connectivity index is 2.01. The van der Waals surface area contributed by atoms with E-state index in [2.05, 4.69) is 4.84 Å². The number of hydrogen-bond donors (Lipinski definition) is 0. The molecule has 0 N–H and O–H groups in total. The van der Waals surface area contributed by atoms with Crippen LogP contribution in [0.15, 0.2) is 24.3 Å². The Morgan fingerprint density at radius 3 is 2.04 bits per heavy atom. The summed E-state index contributed by atoms with van der Waals surface area (Å²) >= 11 is 0. The first-order valence-corrected chi connectivity index (χ1v) is 8.28. The zero-order chi connectivity index (χ0) is 18.1. The van der Waals surface area contributed by atoms with Crippen molar-refractivity contribution in [3.63, 3.8) is 0 Å². The van der Waals surface area contributed by atoms with Crippen molar-refractivity contribution >= 4 is 27.6 Å². The van der Waals surface area contributed by atoms with Crippen LogP contribution >= 0.6 is 0 Å². The fraction of sp³-hybridized carbons (Fsp3) is 0.308. The first-order chi connectivity index (χ1) is 11.0. The maximum atomic E-state index is 12.0. The van der Waals surface area contributed by atoms with E-state index in [1.165, 1.54) is 24.3 Å². The minimum Gasteiger partial charge on any atom is -0.329 e. The smallest absolute Gasteiger partial charge is 0.329 e. The van der Waals surface area contributed by atoms with Gasteiger partial charge in [0.15, 0.2) is 15.6 Å². The summed E-state index contributed by atoms with van der Waals surface area (Å²) in [4.78, 5) is 39.8. The fourth-order valence-electron chi connectivity index (χ4n) is 1.90. The predicted octanol–water partition coefficient (Wildman–Crippen LogP) is 1.11. The molecular weight excluding hydrogens is 355 g/mol. The molecule has 0 atom stereocenters. The van der Waals surface area contributed by atoms with Crippen molar-refractivity contribution in [1.29, 1.82) is 0 Å². The summed E-state index contributed by atoms with van der Waals surface area (Å²) in [6.45, 7) is 0. The monoisotopic (exact) mass is 365 g/mol. The molecule has 0 unspecified atom stereocenters. The molecule has 0 fully saturated rings. The minimum absolute atomic E-state index is 0.0322. The predicted molar refractivity (Wildman–Crippen MR) is 72.4 cm³/mol. The molecule has 0 radical (unpaired) electrons. The molecule has 11 heteroatoms. The number of rotatable bonds is 5. The largest absolute Gasteiger partial charge is 0.390 e. The second-order valence-corrected chi connectivity index (χ2v) is 7.05. The summed E-state index contributed by atoms with van der Waals surface area (Å²) in [6.07, 6.45) is -6.31. The lowest BCUT2D eigenvalue weighted by Crippen LogP contribution is -2.35. The number of hydrogen-bond acceptors (Lipinski definition) is 6. The minimum atomic E-state index is -4.69. The summed E-state index contributed by atoms with van der Waals surface area (Å²) in [5, 5.41) is 0.0896. The highest BCUT2D eigenvalue weighted by molar-refractivity contribution is 7.92. The van der Waals surface area contributed by atoms with Crippen LogP contribution in [-0.4, -0.2) is 48.9 Å². The first-order valence-electron chi connectivity index (χ1n) is 6.46. The SMILES string of the molecule is O=C(CS(=O)(=O)CCC(F)(F)F)ON1C(=O)c2ccccc2C1=O. The van der Waals surface area contributed by atoms with Crippen molar-refractivity contribution in [3.05, 3.63) is 35.4 Å². The number of imide groups is 1. The average Bonchev–Trinajstić information content (AvgIpc) is 2.70. The maximum absolute atomic E-state index is 12.0. The highest BCUT2D eigenvalue weighted by Crippen LogP contribution is 2.23. The topological polar surface area (TPSA) is 97.8 Å². The third-order valence-electron chi connectivity index (χ3n) is 2.98. The van der Waals surface area contributed by atoms with Crippen LogP contribution in [0.3, 0.4) is 0 Å². The highest BCUT2D eigenvalue weighted by Gasteiger charge is 2.39. The van der Waals surface area contributed by atoms with Gasteiger partial charge in [0.05, 0.1) is 23.3 Å². The van der Waals surface area contributed by atoms with E-state index in [1.54, 1.807) is 0 Å². The number of hydroxylamine groups is 2. The van der Waals surface area contributed by atoms with E-state index in [9.17, 15) is 36.0 Å². The Kier molecular flexibility index (Phi) is 4.65. The molecule has 2 rings (SSSR count). The molecule has 0 spiro atoms. The summed E-state index contributed by atoms with van der Waals surface area (Å²) in [5.41, 5.74) is -0.0644. The van der Waals surface area contributed by atoms with Crippen LogP contribution in [0, 0.1) is 0 Å². The van der Waals surface area contributed by atoms with Gasteiger partial charge in [-0.25, -0.2) is 13.2 Å². The summed E-state index contributed by atoms with van der Waals surface area (Å²) in [7, 11) is -4.40. The molecule has 1 aliphatic heterocycles. The molecule has 1 aromatic carbocycles. The van der Waals surface area contributed by atoms with Gasteiger partial charge >= 0.3 is 12.1 Å². The number of sulfone groups is 1. The summed E-state index contributed by atoms with van der Waals surface area (Å²) in [5.74, 6) is -6.12. The van der Waals surface area contributed by atoms with Crippen LogP contribution in [0.25, 0.3) is 0 Å². The third kappa shape index (κ3) is 4.10. The lowest BCUT2D eigenvalue weighted by Gasteiger charge is -2.13. The molecule has 1 heterocycles. The van der Waals surface area contributed by atoms with Crippen molar-refractivity contribution in [2.45, 2.75) is 12.6 Å². The van der Waals surface area contributed by atoms with E-state index in [4.69, 9.17) is 0 Å². The molecular formula is C13H10F3NO6S. The van der Waals surface area contributed by atoms with Gasteiger partial charge in [-0.3, -0.25) is 9.59 Å². The Morgan fingerprint density at radius 2 is 1.58 bits per heavy atom. The summed E-state index contributed by atoms with van der Waals surface area (Å²) in [6, 6.07) is 5.56. The van der Waals surface area contributed by atoms with E-state index in [0.717, 1.165) is 0 Å². The molecule has 7 nitrogen and oxygen atoms in total. The lowest BCUT2D eigenvalue weighted by molar-refractivity contribution is -0.165. The number of amides is 2. The second kappa shape index (κ2) is 6.23. The van der Waals surface area contributed by atoms with Crippen LogP contribution in [0.4, 0.5) is 13.2 Å². The second-order valence-electron chi connectivity index (χ2n) is 4.87. The van der Waals surface area contributed by atoms with Crippen molar-refractivity contribution in [1.82, 2.24) is 5.06 Å². The first kappa shape index (κ1) is 17.9. The molecule has 0 bridgehead atoms. The van der Waals surface area contributed by atoms with Crippen molar-refractivity contribution in [2.75, 3.05) is 11.5 Å². The maximum Gasteiger partial charge on any atom is 0.390 e. The number of carbonyl (C=O) groups is 3. The molecule has 2 amide bonds. The standard InChI is InChI=1S/C13H10F3NO6S/c14-13(15,16)5-6-24(21,22)7-10(18)23-17-11(19)8-3-1-2-4-9(8)12(17)20/h1-4H,5-7H2. The van der Waals surface area contributed by atoms with Crippen molar-refractivity contribution < 1.29 is 40.8 Å². The molecule has 24 heavy (non-hydrogen) atoms. The van der Waals surface area contributed by atoms with Crippen molar-refractivity contribution in [3.8, 4) is 0 Å². The van der Waals surface area contributed by atoms with Gasteiger partial charge in [0.1, 0.15) is 0 Å². The number of alkyl halides is 3. The summed E-state index contributed by atoms with van der Waals surface area (Å²) < 4.78 is 59.0. The van der Waals surface area contributed by atoms with Gasteiger partial charge in [-0.2, -0.15) is 13.2 Å². The van der Waals surface area contributed by atoms with Crippen LogP contribution in [-0.2, 0) is 19.5 Å². The Labute approximate surface area is 133 Å². The molecule has 0 aromatic heterocycles. The Morgan fingerprint density at radius 1 is 1.08 bits per heavy atom. The quantitative estimate of drug-likeness (QED) is 0.725. The molecule has 1 aliphatic rings. The van der Waals surface area contributed by atoms with E-state index in [0.29, 0.717) is 0 Å². The van der Waals surface area contributed by atoms with E-state index >= 15 is 0 Å². The Bertz CT molecular complexity index is 767. The van der Waals surface area contributed by atoms with E-state index < -0.39 is 51.7 Å². The average molecular weight is 365 g/mol. The lowest BCUT2D eigenvalue weighted by atomic mass is 10.1. The highest BCUT2D eigenvalue weighted by atomic mass is 32.2. The number of fused-ring (bicyclic) bond motifs is 1.